The van der Waals surface area contributed by atoms with E-state index in [9.17, 15) is 20.0 Å². The zero-order valence-corrected chi connectivity index (χ0v) is 11.1. The van der Waals surface area contributed by atoms with E-state index in [4.69, 9.17) is 5.73 Å². The number of nitrogens with zero attached hydrogens (tertiary/aromatic N) is 1. The molecule has 1 aliphatic rings. The summed E-state index contributed by atoms with van der Waals surface area (Å²) >= 11 is 0. The molecule has 7 nitrogen and oxygen atoms in total. The molecule has 0 heterocycles. The van der Waals surface area contributed by atoms with Crippen molar-refractivity contribution in [1.82, 2.24) is 0 Å². The molecule has 1 fully saturated rings. The van der Waals surface area contributed by atoms with Crippen LogP contribution in [0.15, 0.2) is 18.2 Å². The van der Waals surface area contributed by atoms with Gasteiger partial charge in [-0.2, -0.15) is 0 Å². The molecule has 108 valence electrons. The number of amides is 1. The fourth-order valence-corrected chi connectivity index (χ4v) is 2.48. The van der Waals surface area contributed by atoms with Gasteiger partial charge in [-0.3, -0.25) is 14.9 Å². The summed E-state index contributed by atoms with van der Waals surface area (Å²) in [7, 11) is 0. The first-order valence-electron chi connectivity index (χ1n) is 6.39. The van der Waals surface area contributed by atoms with Gasteiger partial charge in [0.2, 0.25) is 5.91 Å². The van der Waals surface area contributed by atoms with Crippen LogP contribution < -0.4 is 11.1 Å². The van der Waals surface area contributed by atoms with E-state index in [1.807, 2.05) is 0 Å². The summed E-state index contributed by atoms with van der Waals surface area (Å²) in [4.78, 5) is 22.4. The molecule has 0 radical (unpaired) electrons. The zero-order valence-electron chi connectivity index (χ0n) is 11.1. The minimum Gasteiger partial charge on any atom is -0.506 e. The van der Waals surface area contributed by atoms with Crippen molar-refractivity contribution in [2.45, 2.75) is 32.2 Å². The second kappa shape index (κ2) is 5.09. The molecule has 1 aliphatic carbocycles. The monoisotopic (exact) mass is 279 g/mol. The van der Waals surface area contributed by atoms with Crippen molar-refractivity contribution in [1.29, 1.82) is 0 Å². The van der Waals surface area contributed by atoms with Gasteiger partial charge >= 0.3 is 0 Å². The van der Waals surface area contributed by atoms with E-state index >= 15 is 0 Å². The predicted molar refractivity (Wildman–Crippen MR) is 73.3 cm³/mol. The van der Waals surface area contributed by atoms with Crippen LogP contribution in [0, 0.1) is 15.5 Å². The van der Waals surface area contributed by atoms with Crippen molar-refractivity contribution in [3.63, 3.8) is 0 Å². The van der Waals surface area contributed by atoms with Crippen LogP contribution in [0.5, 0.6) is 5.75 Å². The quantitative estimate of drug-likeness (QED) is 0.442. The van der Waals surface area contributed by atoms with Crippen molar-refractivity contribution < 1.29 is 14.8 Å². The lowest BCUT2D eigenvalue weighted by molar-refractivity contribution is -0.384. The third kappa shape index (κ3) is 2.44. The van der Waals surface area contributed by atoms with Gasteiger partial charge in [0.25, 0.3) is 5.69 Å². The number of benzene rings is 1. The van der Waals surface area contributed by atoms with Crippen LogP contribution in [0.3, 0.4) is 0 Å². The van der Waals surface area contributed by atoms with Crippen molar-refractivity contribution in [3.05, 3.63) is 28.3 Å². The van der Waals surface area contributed by atoms with E-state index in [0.29, 0.717) is 6.42 Å². The molecule has 20 heavy (non-hydrogen) atoms. The molecule has 4 N–H and O–H groups in total. The summed E-state index contributed by atoms with van der Waals surface area (Å²) in [6, 6.07) is 3.25. The van der Waals surface area contributed by atoms with Gasteiger partial charge in [-0.25, -0.2) is 0 Å². The number of hydrogen-bond donors (Lipinski definition) is 3. The van der Waals surface area contributed by atoms with Crippen molar-refractivity contribution in [2.24, 2.45) is 11.1 Å². The summed E-state index contributed by atoms with van der Waals surface area (Å²) in [6.45, 7) is 1.77. The number of aromatic hydroxyl groups is 1. The van der Waals surface area contributed by atoms with E-state index in [1.165, 1.54) is 12.1 Å². The maximum atomic E-state index is 12.3. The average Bonchev–Trinajstić information content (AvgIpc) is 2.73. The van der Waals surface area contributed by atoms with Gasteiger partial charge < -0.3 is 16.2 Å². The van der Waals surface area contributed by atoms with Crippen LogP contribution in [0.1, 0.15) is 26.2 Å². The molecule has 1 aromatic carbocycles. The van der Waals surface area contributed by atoms with Crippen molar-refractivity contribution in [2.75, 3.05) is 5.32 Å². The Kier molecular flexibility index (Phi) is 3.63. The Morgan fingerprint density at radius 1 is 1.60 bits per heavy atom. The number of rotatable bonds is 3. The molecule has 7 heteroatoms. The minimum absolute atomic E-state index is 0.0320. The Hall–Kier alpha value is -2.15. The minimum atomic E-state index is -0.711. The molecule has 0 aliphatic heterocycles. The number of nitro groups is 1. The van der Waals surface area contributed by atoms with Crippen LogP contribution in [0.25, 0.3) is 0 Å². The van der Waals surface area contributed by atoms with E-state index < -0.39 is 10.3 Å². The van der Waals surface area contributed by atoms with Crippen LogP contribution in [-0.4, -0.2) is 22.0 Å². The number of phenolic OH excluding ortho intramolecular Hbond substituents is 1. The van der Waals surface area contributed by atoms with Gasteiger partial charge in [0.1, 0.15) is 5.75 Å². The summed E-state index contributed by atoms with van der Waals surface area (Å²) < 4.78 is 0. The SMILES string of the molecule is CC1(C(=O)Nc2cc([N+](=O)[O-])ccc2O)CCCC1N. The number of nitro benzene ring substituents is 1. The normalized spacial score (nSPS) is 25.4. The van der Waals surface area contributed by atoms with Crippen LogP contribution in [0.4, 0.5) is 11.4 Å². The Bertz CT molecular complexity index is 561. The van der Waals surface area contributed by atoms with Crippen molar-refractivity contribution in [3.8, 4) is 5.75 Å². The fraction of sp³-hybridized carbons (Fsp3) is 0.462. The standard InChI is InChI=1S/C13H17N3O4/c1-13(6-2-3-11(13)14)12(18)15-9-7-8(16(19)20)4-5-10(9)17/h4-5,7,11,17H,2-3,6,14H2,1H3,(H,15,18). The van der Waals surface area contributed by atoms with E-state index in [1.54, 1.807) is 6.92 Å². The molecule has 0 aromatic heterocycles. The van der Waals surface area contributed by atoms with Gasteiger partial charge in [0, 0.05) is 18.2 Å². The molecular formula is C13H17N3O4. The predicted octanol–water partition coefficient (Wildman–Crippen LogP) is 1.76. The maximum absolute atomic E-state index is 12.3. The third-order valence-electron chi connectivity index (χ3n) is 3.99. The van der Waals surface area contributed by atoms with Gasteiger partial charge in [-0.15, -0.1) is 0 Å². The zero-order chi connectivity index (χ0) is 14.9. The van der Waals surface area contributed by atoms with E-state index in [0.717, 1.165) is 18.9 Å². The highest BCUT2D eigenvalue weighted by Gasteiger charge is 2.43. The van der Waals surface area contributed by atoms with E-state index in [2.05, 4.69) is 5.32 Å². The molecule has 0 bridgehead atoms. The van der Waals surface area contributed by atoms with Crippen LogP contribution >= 0.6 is 0 Å². The number of phenols is 1. The van der Waals surface area contributed by atoms with Gasteiger partial charge in [0.15, 0.2) is 0 Å². The molecular weight excluding hydrogens is 262 g/mol. The number of nitrogens with two attached hydrogens (primary N) is 1. The highest BCUT2D eigenvalue weighted by molar-refractivity contribution is 5.97. The van der Waals surface area contributed by atoms with Crippen molar-refractivity contribution >= 4 is 17.3 Å². The average molecular weight is 279 g/mol. The highest BCUT2D eigenvalue weighted by atomic mass is 16.6. The first-order chi connectivity index (χ1) is 9.34. The number of non-ortho nitro benzene ring substituents is 1. The largest absolute Gasteiger partial charge is 0.506 e. The van der Waals surface area contributed by atoms with Gasteiger partial charge in [-0.05, 0) is 25.8 Å². The number of hydrogen-bond acceptors (Lipinski definition) is 5. The Labute approximate surface area is 115 Å². The van der Waals surface area contributed by atoms with Crippen LogP contribution in [-0.2, 0) is 4.79 Å². The number of carbonyl (C=O) groups is 1. The second-order valence-electron chi connectivity index (χ2n) is 5.33. The summed E-state index contributed by atoms with van der Waals surface area (Å²) in [5, 5.41) is 22.9. The Morgan fingerprint density at radius 3 is 2.85 bits per heavy atom. The second-order valence-corrected chi connectivity index (χ2v) is 5.33. The first-order valence-corrected chi connectivity index (χ1v) is 6.39. The fourth-order valence-electron chi connectivity index (χ4n) is 2.48. The topological polar surface area (TPSA) is 118 Å². The lowest BCUT2D eigenvalue weighted by Gasteiger charge is -2.27. The van der Waals surface area contributed by atoms with Gasteiger partial charge in [-0.1, -0.05) is 6.42 Å². The number of carbonyl (C=O) groups excluding carboxylic acids is 1. The van der Waals surface area contributed by atoms with E-state index in [-0.39, 0.29) is 29.1 Å². The summed E-state index contributed by atoms with van der Waals surface area (Å²) in [5.41, 5.74) is 5.08. The molecule has 1 aromatic rings. The number of nitrogens with one attached hydrogen (secondary N) is 1. The molecule has 1 amide bonds. The first kappa shape index (κ1) is 14.3. The molecule has 2 unspecified atom stereocenters. The molecule has 2 atom stereocenters. The highest BCUT2D eigenvalue weighted by Crippen LogP contribution is 2.38. The molecule has 1 saturated carbocycles. The van der Waals surface area contributed by atoms with Crippen LogP contribution in [0.2, 0.25) is 0 Å². The Morgan fingerprint density at radius 2 is 2.30 bits per heavy atom. The summed E-state index contributed by atoms with van der Waals surface area (Å²) in [6.07, 6.45) is 2.30. The molecule has 0 spiro atoms. The lowest BCUT2D eigenvalue weighted by atomic mass is 9.84. The third-order valence-corrected chi connectivity index (χ3v) is 3.99. The molecule has 0 saturated heterocycles. The number of anilines is 1. The molecule has 2 rings (SSSR count). The lowest BCUT2D eigenvalue weighted by Crippen LogP contribution is -2.44. The smallest absolute Gasteiger partial charge is 0.271 e. The van der Waals surface area contributed by atoms with Gasteiger partial charge in [0.05, 0.1) is 16.0 Å². The maximum Gasteiger partial charge on any atom is 0.271 e. The summed E-state index contributed by atoms with van der Waals surface area (Å²) in [5.74, 6) is -0.530. The Balaban J connectivity index is 2.23.